The summed E-state index contributed by atoms with van der Waals surface area (Å²) in [5, 5.41) is 10.7. The fraction of sp³-hybridized carbons (Fsp3) is 0.581. The van der Waals surface area contributed by atoms with Crippen molar-refractivity contribution in [3.63, 3.8) is 0 Å². The van der Waals surface area contributed by atoms with E-state index in [1.165, 1.54) is 0 Å². The van der Waals surface area contributed by atoms with Crippen LogP contribution in [0.25, 0.3) is 5.69 Å². The molecule has 2 aliphatic rings. The zero-order chi connectivity index (χ0) is 30.8. The quantitative estimate of drug-likeness (QED) is 0.386. The van der Waals surface area contributed by atoms with Crippen LogP contribution in [-0.4, -0.2) is 57.8 Å². The minimum Gasteiger partial charge on any atom is -0.459 e. The highest BCUT2D eigenvalue weighted by molar-refractivity contribution is 6.00. The number of ketones is 1. The summed E-state index contributed by atoms with van der Waals surface area (Å²) >= 11 is 0. The lowest BCUT2D eigenvalue weighted by atomic mass is 9.75. The molecule has 11 heteroatoms. The zero-order valence-corrected chi connectivity index (χ0v) is 25.5. The Morgan fingerprint density at radius 1 is 1.14 bits per heavy atom. The van der Waals surface area contributed by atoms with Gasteiger partial charge in [0.25, 0.3) is 5.91 Å². The van der Waals surface area contributed by atoms with Crippen molar-refractivity contribution >= 4 is 29.4 Å². The molecule has 42 heavy (non-hydrogen) atoms. The van der Waals surface area contributed by atoms with Crippen molar-refractivity contribution in [2.24, 2.45) is 11.1 Å². The van der Waals surface area contributed by atoms with E-state index in [1.54, 1.807) is 32.9 Å². The molecule has 2 unspecified atom stereocenters. The van der Waals surface area contributed by atoms with E-state index in [2.05, 4.69) is 24.5 Å². The van der Waals surface area contributed by atoms with Crippen LogP contribution in [-0.2, 0) is 27.1 Å². The maximum atomic E-state index is 13.1. The Balaban J connectivity index is 1.57. The van der Waals surface area contributed by atoms with E-state index in [0.29, 0.717) is 54.6 Å². The number of amides is 2. The second-order valence-electron chi connectivity index (χ2n) is 13.0. The number of benzene rings is 1. The summed E-state index contributed by atoms with van der Waals surface area (Å²) in [4.78, 5) is 50.0. The molecule has 2 aliphatic carbocycles. The topological polar surface area (TPSA) is 155 Å². The van der Waals surface area contributed by atoms with Crippen LogP contribution < -0.4 is 16.4 Å². The molecule has 0 saturated heterocycles. The Morgan fingerprint density at radius 2 is 1.86 bits per heavy atom. The number of carbonyl (C=O) groups is 4. The van der Waals surface area contributed by atoms with E-state index >= 15 is 0 Å². The van der Waals surface area contributed by atoms with Gasteiger partial charge >= 0.3 is 12.1 Å². The minimum absolute atomic E-state index is 0.101. The Kier molecular flexibility index (Phi) is 8.98. The average molecular weight is 582 g/mol. The summed E-state index contributed by atoms with van der Waals surface area (Å²) in [6.45, 7) is 11.0. The van der Waals surface area contributed by atoms with Gasteiger partial charge in [0.1, 0.15) is 18.2 Å². The Hall–Kier alpha value is -3.89. The lowest BCUT2D eigenvalue weighted by Gasteiger charge is -2.33. The third-order valence-electron chi connectivity index (χ3n) is 7.57. The molecule has 1 aromatic heterocycles. The maximum Gasteiger partial charge on any atom is 0.408 e. The van der Waals surface area contributed by atoms with E-state index in [1.807, 2.05) is 17.7 Å². The van der Waals surface area contributed by atoms with Gasteiger partial charge in [-0.25, -0.2) is 9.48 Å². The van der Waals surface area contributed by atoms with Crippen molar-refractivity contribution in [1.82, 2.24) is 15.1 Å². The number of fused-ring (bicyclic) bond motifs is 1. The second kappa shape index (κ2) is 12.1. The Bertz CT molecular complexity index is 1370. The van der Waals surface area contributed by atoms with Crippen LogP contribution in [0.5, 0.6) is 0 Å². The van der Waals surface area contributed by atoms with Crippen LogP contribution in [0.3, 0.4) is 0 Å². The summed E-state index contributed by atoms with van der Waals surface area (Å²) in [7, 11) is 0. The predicted octanol–water partition coefficient (Wildman–Crippen LogP) is 4.48. The van der Waals surface area contributed by atoms with Crippen molar-refractivity contribution in [1.29, 1.82) is 0 Å². The molecule has 11 nitrogen and oxygen atoms in total. The number of nitrogens with two attached hydrogens (primary N) is 1. The molecular weight excluding hydrogens is 538 g/mol. The molecule has 228 valence electrons. The van der Waals surface area contributed by atoms with Gasteiger partial charge in [-0.05, 0) is 76.5 Å². The third kappa shape index (κ3) is 7.30. The second-order valence-corrected chi connectivity index (χ2v) is 13.0. The monoisotopic (exact) mass is 581 g/mol. The molecule has 1 heterocycles. The van der Waals surface area contributed by atoms with Crippen molar-refractivity contribution in [3.8, 4) is 5.69 Å². The molecule has 4 N–H and O–H groups in total. The van der Waals surface area contributed by atoms with E-state index in [9.17, 15) is 19.2 Å². The maximum absolute atomic E-state index is 13.1. The van der Waals surface area contributed by atoms with E-state index < -0.39 is 29.7 Å². The minimum atomic E-state index is -0.696. The number of esters is 1. The lowest BCUT2D eigenvalue weighted by molar-refractivity contribution is -0.149. The number of aromatic nitrogens is 2. The lowest BCUT2D eigenvalue weighted by Crippen LogP contribution is -2.42. The number of rotatable bonds is 8. The van der Waals surface area contributed by atoms with Gasteiger partial charge in [0.2, 0.25) is 0 Å². The van der Waals surface area contributed by atoms with Crippen molar-refractivity contribution in [2.75, 3.05) is 11.9 Å². The molecular formula is C31H43N5O6. The molecule has 2 amide bonds. The predicted molar refractivity (Wildman–Crippen MR) is 158 cm³/mol. The van der Waals surface area contributed by atoms with Crippen LogP contribution in [0.1, 0.15) is 106 Å². The summed E-state index contributed by atoms with van der Waals surface area (Å²) < 4.78 is 12.7. The molecule has 0 radical (unpaired) electrons. The summed E-state index contributed by atoms with van der Waals surface area (Å²) in [6.07, 6.45) is 3.75. The molecule has 2 atom stereocenters. The Labute approximate surface area is 246 Å². The molecule has 1 saturated carbocycles. The highest BCUT2D eigenvalue weighted by Crippen LogP contribution is 2.38. The first-order chi connectivity index (χ1) is 19.7. The van der Waals surface area contributed by atoms with Crippen LogP contribution in [0, 0.1) is 5.41 Å². The van der Waals surface area contributed by atoms with Gasteiger partial charge in [0.15, 0.2) is 5.78 Å². The molecule has 0 bridgehead atoms. The van der Waals surface area contributed by atoms with Crippen LogP contribution >= 0.6 is 0 Å². The largest absolute Gasteiger partial charge is 0.459 e. The zero-order valence-electron chi connectivity index (χ0n) is 25.5. The SMILES string of the molecule is CCc1nn(-c2ccc(C(N)=O)c(NC3CCCCC3OC(=O)CNC(=O)OC(C)(C)C)c2)c2c1C(=O)CC(C)(C)C2. The van der Waals surface area contributed by atoms with Crippen molar-refractivity contribution in [2.45, 2.75) is 104 Å². The van der Waals surface area contributed by atoms with Crippen LogP contribution in [0.4, 0.5) is 10.5 Å². The first-order valence-electron chi connectivity index (χ1n) is 14.7. The highest BCUT2D eigenvalue weighted by atomic mass is 16.6. The molecule has 2 aromatic rings. The average Bonchev–Trinajstić information content (AvgIpc) is 3.25. The summed E-state index contributed by atoms with van der Waals surface area (Å²) in [5.74, 6) is -1.07. The number of ether oxygens (including phenoxy) is 2. The number of hydrogen-bond donors (Lipinski definition) is 3. The number of primary amides is 1. The highest BCUT2D eigenvalue weighted by Gasteiger charge is 2.36. The van der Waals surface area contributed by atoms with Gasteiger partial charge in [0.05, 0.1) is 34.2 Å². The molecule has 0 aliphatic heterocycles. The summed E-state index contributed by atoms with van der Waals surface area (Å²) in [6, 6.07) is 4.97. The molecule has 0 spiro atoms. The number of aryl methyl sites for hydroxylation is 1. The van der Waals surface area contributed by atoms with E-state index in [-0.39, 0.29) is 23.8 Å². The fourth-order valence-corrected chi connectivity index (χ4v) is 5.76. The van der Waals surface area contributed by atoms with Gasteiger partial charge < -0.3 is 25.8 Å². The van der Waals surface area contributed by atoms with Crippen LogP contribution in [0.2, 0.25) is 0 Å². The van der Waals surface area contributed by atoms with Gasteiger partial charge in [-0.1, -0.05) is 27.2 Å². The van der Waals surface area contributed by atoms with Crippen molar-refractivity contribution in [3.05, 3.63) is 40.7 Å². The van der Waals surface area contributed by atoms with Crippen molar-refractivity contribution < 1.29 is 28.7 Å². The number of nitrogens with zero attached hydrogens (tertiary/aromatic N) is 2. The number of alkyl carbamates (subject to hydrolysis) is 1. The summed E-state index contributed by atoms with van der Waals surface area (Å²) in [5.41, 5.74) is 8.70. The van der Waals surface area contributed by atoms with Gasteiger partial charge in [-0.15, -0.1) is 0 Å². The third-order valence-corrected chi connectivity index (χ3v) is 7.57. The van der Waals surface area contributed by atoms with E-state index in [4.69, 9.17) is 20.3 Å². The number of Topliss-reactive ketones (excluding diaryl/α,β-unsaturated/α-hetero) is 1. The number of carbonyl (C=O) groups excluding carboxylic acids is 4. The number of hydrogen-bond acceptors (Lipinski definition) is 8. The van der Waals surface area contributed by atoms with Gasteiger partial charge in [-0.2, -0.15) is 5.10 Å². The number of nitrogens with one attached hydrogen (secondary N) is 2. The normalized spacial score (nSPS) is 19.9. The molecule has 4 rings (SSSR count). The fourth-order valence-electron chi connectivity index (χ4n) is 5.76. The van der Waals surface area contributed by atoms with Gasteiger partial charge in [-0.3, -0.25) is 14.4 Å². The molecule has 1 fully saturated rings. The molecule has 1 aromatic carbocycles. The number of anilines is 1. The van der Waals surface area contributed by atoms with Gasteiger partial charge in [0, 0.05) is 12.1 Å². The first-order valence-corrected chi connectivity index (χ1v) is 14.7. The first kappa shape index (κ1) is 31.1. The smallest absolute Gasteiger partial charge is 0.408 e. The van der Waals surface area contributed by atoms with Crippen LogP contribution in [0.15, 0.2) is 18.2 Å². The van der Waals surface area contributed by atoms with E-state index in [0.717, 1.165) is 24.2 Å². The standard InChI is InChI=1S/C31H43N5O6/c1-7-20-27-23(15-31(5,6)16-24(27)37)36(35-20)18-12-13-19(28(32)39)22(14-18)34-21-10-8-9-11-25(21)41-26(38)17-33-29(40)42-30(2,3)4/h12-14,21,25,34H,7-11,15-17H2,1-6H3,(H2,32,39)(H,33,40). The Morgan fingerprint density at radius 3 is 2.52 bits per heavy atom.